The van der Waals surface area contributed by atoms with Gasteiger partial charge in [-0.15, -0.1) is 11.3 Å². The van der Waals surface area contributed by atoms with Crippen LogP contribution in [0.4, 0.5) is 10.7 Å². The molecule has 0 radical (unpaired) electrons. The molecule has 0 spiro atoms. The average molecular weight is 328 g/mol. The summed E-state index contributed by atoms with van der Waals surface area (Å²) in [6.07, 6.45) is 4.13. The maximum Gasteiger partial charge on any atom is 0.258 e. The highest BCUT2D eigenvalue weighted by Crippen LogP contribution is 2.38. The van der Waals surface area contributed by atoms with E-state index in [1.807, 2.05) is 31.2 Å². The number of aryl methyl sites for hydroxylation is 2. The molecule has 1 heterocycles. The van der Waals surface area contributed by atoms with Crippen LogP contribution in [0.1, 0.15) is 46.1 Å². The number of rotatable bonds is 3. The number of hydrogen-bond acceptors (Lipinski definition) is 3. The smallest absolute Gasteiger partial charge is 0.258 e. The number of carbonyl (C=O) groups is 2. The molecule has 120 valence electrons. The van der Waals surface area contributed by atoms with Crippen LogP contribution in [-0.4, -0.2) is 11.8 Å². The van der Waals surface area contributed by atoms with Gasteiger partial charge in [-0.2, -0.15) is 0 Å². The van der Waals surface area contributed by atoms with Gasteiger partial charge in [-0.25, -0.2) is 0 Å². The number of carbonyl (C=O) groups excluding carboxylic acids is 2. The molecular formula is C18H20N2O2S. The molecule has 0 saturated carbocycles. The summed E-state index contributed by atoms with van der Waals surface area (Å²) in [7, 11) is 0. The van der Waals surface area contributed by atoms with Gasteiger partial charge in [-0.3, -0.25) is 9.59 Å². The zero-order valence-electron chi connectivity index (χ0n) is 13.4. The minimum Gasteiger partial charge on any atom is -0.322 e. The molecule has 1 aromatic heterocycles. The van der Waals surface area contributed by atoms with E-state index < -0.39 is 0 Å². The summed E-state index contributed by atoms with van der Waals surface area (Å²) >= 11 is 1.54. The second-order valence-corrected chi connectivity index (χ2v) is 7.02. The standard InChI is InChI=1S/C18H20N2O2S/c1-11-7-9-13(10-8-11)20-17(22)16-14-5-3-4-6-15(14)23-18(16)19-12(2)21/h7-10H,3-6H2,1-2H3,(H,19,21)(H,20,22). The summed E-state index contributed by atoms with van der Waals surface area (Å²) in [6.45, 7) is 3.48. The number of amides is 2. The SMILES string of the molecule is CC(=O)Nc1sc2c(c1C(=O)Nc1ccc(C)cc1)CCCC2. The lowest BCUT2D eigenvalue weighted by Gasteiger charge is -2.13. The molecule has 2 aromatic rings. The summed E-state index contributed by atoms with van der Waals surface area (Å²) < 4.78 is 0. The van der Waals surface area contributed by atoms with Gasteiger partial charge in [0.15, 0.2) is 0 Å². The minimum absolute atomic E-state index is 0.142. The van der Waals surface area contributed by atoms with Crippen molar-refractivity contribution >= 4 is 33.8 Å². The molecule has 4 nitrogen and oxygen atoms in total. The normalized spacial score (nSPS) is 13.3. The fourth-order valence-corrected chi connectivity index (χ4v) is 4.22. The molecule has 2 amide bonds. The first-order valence-corrected chi connectivity index (χ1v) is 8.66. The quantitative estimate of drug-likeness (QED) is 0.889. The van der Waals surface area contributed by atoms with Gasteiger partial charge in [0.05, 0.1) is 5.56 Å². The molecule has 0 aliphatic heterocycles. The molecule has 0 saturated heterocycles. The van der Waals surface area contributed by atoms with Crippen LogP contribution in [0.25, 0.3) is 0 Å². The van der Waals surface area contributed by atoms with E-state index in [0.29, 0.717) is 10.6 Å². The van der Waals surface area contributed by atoms with E-state index in [9.17, 15) is 9.59 Å². The Morgan fingerprint density at radius 2 is 1.74 bits per heavy atom. The van der Waals surface area contributed by atoms with Crippen molar-refractivity contribution in [2.24, 2.45) is 0 Å². The zero-order valence-corrected chi connectivity index (χ0v) is 14.2. The molecule has 1 aliphatic rings. The summed E-state index contributed by atoms with van der Waals surface area (Å²) in [4.78, 5) is 25.5. The predicted octanol–water partition coefficient (Wildman–Crippen LogP) is 4.15. The number of nitrogens with one attached hydrogen (secondary N) is 2. The average Bonchev–Trinajstić information content (AvgIpc) is 2.86. The molecule has 1 aliphatic carbocycles. The van der Waals surface area contributed by atoms with Gasteiger partial charge in [0, 0.05) is 17.5 Å². The molecule has 5 heteroatoms. The molecule has 1 aromatic carbocycles. The van der Waals surface area contributed by atoms with Gasteiger partial charge >= 0.3 is 0 Å². The van der Waals surface area contributed by atoms with Crippen molar-refractivity contribution in [2.75, 3.05) is 10.6 Å². The Morgan fingerprint density at radius 1 is 1.04 bits per heavy atom. The lowest BCUT2D eigenvalue weighted by molar-refractivity contribution is -0.114. The Labute approximate surface area is 139 Å². The Morgan fingerprint density at radius 3 is 2.43 bits per heavy atom. The Bertz CT molecular complexity index is 747. The van der Waals surface area contributed by atoms with Crippen molar-refractivity contribution in [1.82, 2.24) is 0 Å². The highest BCUT2D eigenvalue weighted by atomic mass is 32.1. The van der Waals surface area contributed by atoms with Gasteiger partial charge in [-0.05, 0) is 50.3 Å². The van der Waals surface area contributed by atoms with E-state index in [4.69, 9.17) is 0 Å². The Hall–Kier alpha value is -2.14. The Balaban J connectivity index is 1.93. The van der Waals surface area contributed by atoms with Gasteiger partial charge < -0.3 is 10.6 Å². The van der Waals surface area contributed by atoms with Crippen molar-refractivity contribution in [3.05, 3.63) is 45.8 Å². The molecule has 3 rings (SSSR count). The van der Waals surface area contributed by atoms with Crippen LogP contribution < -0.4 is 10.6 Å². The lowest BCUT2D eigenvalue weighted by Crippen LogP contribution is -2.17. The zero-order chi connectivity index (χ0) is 16.4. The highest BCUT2D eigenvalue weighted by molar-refractivity contribution is 7.17. The van der Waals surface area contributed by atoms with Crippen LogP contribution in [0, 0.1) is 6.92 Å². The largest absolute Gasteiger partial charge is 0.322 e. The van der Waals surface area contributed by atoms with Gasteiger partial charge in [0.2, 0.25) is 5.91 Å². The third-order valence-corrected chi connectivity index (χ3v) is 5.20. The number of anilines is 2. The number of thiophene rings is 1. The van der Waals surface area contributed by atoms with Crippen LogP contribution in [0.15, 0.2) is 24.3 Å². The molecule has 0 bridgehead atoms. The highest BCUT2D eigenvalue weighted by Gasteiger charge is 2.25. The van der Waals surface area contributed by atoms with E-state index in [2.05, 4.69) is 10.6 Å². The number of benzene rings is 1. The first-order chi connectivity index (χ1) is 11.0. The second kappa shape index (κ2) is 6.54. The van der Waals surface area contributed by atoms with Crippen LogP contribution in [0.3, 0.4) is 0 Å². The first-order valence-electron chi connectivity index (χ1n) is 7.84. The Kier molecular flexibility index (Phi) is 4.48. The van der Waals surface area contributed by atoms with Gasteiger partial charge in [0.25, 0.3) is 5.91 Å². The maximum absolute atomic E-state index is 12.8. The topological polar surface area (TPSA) is 58.2 Å². The van der Waals surface area contributed by atoms with E-state index in [1.54, 1.807) is 0 Å². The number of hydrogen-bond donors (Lipinski definition) is 2. The monoisotopic (exact) mass is 328 g/mol. The van der Waals surface area contributed by atoms with Crippen molar-refractivity contribution < 1.29 is 9.59 Å². The summed E-state index contributed by atoms with van der Waals surface area (Å²) in [6, 6.07) is 7.72. The second-order valence-electron chi connectivity index (χ2n) is 5.92. The van der Waals surface area contributed by atoms with Crippen LogP contribution in [-0.2, 0) is 17.6 Å². The minimum atomic E-state index is -0.145. The van der Waals surface area contributed by atoms with Crippen molar-refractivity contribution in [3.8, 4) is 0 Å². The third kappa shape index (κ3) is 3.45. The fraction of sp³-hybridized carbons (Fsp3) is 0.333. The molecule has 0 unspecified atom stereocenters. The third-order valence-electron chi connectivity index (χ3n) is 4.00. The first kappa shape index (κ1) is 15.7. The lowest BCUT2D eigenvalue weighted by atomic mass is 9.95. The van der Waals surface area contributed by atoms with E-state index >= 15 is 0 Å². The van der Waals surface area contributed by atoms with E-state index in [-0.39, 0.29) is 11.8 Å². The van der Waals surface area contributed by atoms with E-state index in [1.165, 1.54) is 23.1 Å². The van der Waals surface area contributed by atoms with Crippen LogP contribution in [0.2, 0.25) is 0 Å². The van der Waals surface area contributed by atoms with Crippen molar-refractivity contribution in [1.29, 1.82) is 0 Å². The molecule has 2 N–H and O–H groups in total. The van der Waals surface area contributed by atoms with Crippen molar-refractivity contribution in [2.45, 2.75) is 39.5 Å². The summed E-state index contributed by atoms with van der Waals surface area (Å²) in [5.41, 5.74) is 3.66. The van der Waals surface area contributed by atoms with Gasteiger partial charge in [-0.1, -0.05) is 17.7 Å². The molecular weight excluding hydrogens is 308 g/mol. The van der Waals surface area contributed by atoms with Crippen LogP contribution in [0.5, 0.6) is 0 Å². The predicted molar refractivity (Wildman–Crippen MR) is 94.4 cm³/mol. The van der Waals surface area contributed by atoms with Gasteiger partial charge in [0.1, 0.15) is 5.00 Å². The molecule has 23 heavy (non-hydrogen) atoms. The van der Waals surface area contributed by atoms with Crippen LogP contribution >= 0.6 is 11.3 Å². The fourth-order valence-electron chi connectivity index (χ4n) is 2.88. The summed E-state index contributed by atoms with van der Waals surface area (Å²) in [5, 5.41) is 6.45. The molecule has 0 atom stereocenters. The van der Waals surface area contributed by atoms with Crippen molar-refractivity contribution in [3.63, 3.8) is 0 Å². The maximum atomic E-state index is 12.8. The summed E-state index contributed by atoms with van der Waals surface area (Å²) in [5.74, 6) is -0.287. The number of fused-ring (bicyclic) bond motifs is 1. The molecule has 0 fully saturated rings. The van der Waals surface area contributed by atoms with E-state index in [0.717, 1.165) is 42.5 Å².